The Morgan fingerprint density at radius 3 is 2.62 bits per heavy atom. The molecule has 0 bridgehead atoms. The van der Waals surface area contributed by atoms with Crippen LogP contribution in [0.4, 0.5) is 0 Å². The van der Waals surface area contributed by atoms with E-state index in [0.717, 1.165) is 0 Å². The summed E-state index contributed by atoms with van der Waals surface area (Å²) in [6.07, 6.45) is 0.684. The van der Waals surface area contributed by atoms with Crippen LogP contribution in [-0.2, 0) is 0 Å². The molecule has 4 nitrogen and oxygen atoms in total. The van der Waals surface area contributed by atoms with Crippen LogP contribution in [0.15, 0.2) is 0 Å². The first kappa shape index (κ1) is 5.50. The second-order valence-corrected chi connectivity index (χ2v) is 2.08. The van der Waals surface area contributed by atoms with Crippen LogP contribution in [0.25, 0.3) is 0 Å². The van der Waals surface area contributed by atoms with Crippen LogP contribution in [0.1, 0.15) is 6.42 Å². The maximum atomic E-state index is 9.88. The summed E-state index contributed by atoms with van der Waals surface area (Å²) in [6, 6.07) is -0.319. The Bertz CT molecular complexity index is 115. The van der Waals surface area contributed by atoms with Gasteiger partial charge in [0.25, 0.3) is 0 Å². The Hall–Kier alpha value is -0.640. The van der Waals surface area contributed by atoms with E-state index in [1.807, 2.05) is 0 Å². The van der Waals surface area contributed by atoms with Gasteiger partial charge in [0.15, 0.2) is 0 Å². The Morgan fingerprint density at radius 1 is 1.88 bits per heavy atom. The second kappa shape index (κ2) is 1.70. The van der Waals surface area contributed by atoms with E-state index in [0.29, 0.717) is 13.0 Å². The lowest BCUT2D eigenvalue weighted by Gasteiger charge is -1.84. The predicted octanol–water partition coefficient (Wildman–Crippen LogP) is -0.390. The molecular formula is C4H8N2O2. The highest BCUT2D eigenvalue weighted by atomic mass is 16.6. The Balaban J connectivity index is 2.26. The molecule has 0 aromatic rings. The van der Waals surface area contributed by atoms with Crippen LogP contribution in [0.5, 0.6) is 0 Å². The molecule has 0 radical (unpaired) electrons. The fraction of sp³-hybridized carbons (Fsp3) is 1.00. The maximum Gasteiger partial charge on any atom is 0.217 e. The molecule has 2 atom stereocenters. The molecule has 0 aliphatic heterocycles. The summed E-state index contributed by atoms with van der Waals surface area (Å²) in [6.45, 7) is 0.464. The van der Waals surface area contributed by atoms with Crippen molar-refractivity contribution >= 4 is 0 Å². The van der Waals surface area contributed by atoms with Gasteiger partial charge < -0.3 is 5.73 Å². The first-order chi connectivity index (χ1) is 3.75. The molecule has 0 aromatic heterocycles. The first-order valence-electron chi connectivity index (χ1n) is 2.59. The van der Waals surface area contributed by atoms with E-state index in [9.17, 15) is 10.1 Å². The zero-order valence-electron chi connectivity index (χ0n) is 4.41. The van der Waals surface area contributed by atoms with Crippen LogP contribution in [-0.4, -0.2) is 17.5 Å². The number of nitro groups is 1. The van der Waals surface area contributed by atoms with Gasteiger partial charge in [-0.05, 0) is 0 Å². The minimum Gasteiger partial charge on any atom is -0.330 e. The third-order valence-electron chi connectivity index (χ3n) is 1.46. The van der Waals surface area contributed by atoms with Gasteiger partial charge in [-0.1, -0.05) is 0 Å². The largest absolute Gasteiger partial charge is 0.330 e. The van der Waals surface area contributed by atoms with E-state index >= 15 is 0 Å². The van der Waals surface area contributed by atoms with Gasteiger partial charge in [-0.15, -0.1) is 0 Å². The monoisotopic (exact) mass is 116 g/mol. The molecule has 0 spiro atoms. The molecule has 1 aliphatic carbocycles. The van der Waals surface area contributed by atoms with Gasteiger partial charge in [0, 0.05) is 23.8 Å². The maximum absolute atomic E-state index is 9.88. The molecule has 0 aromatic carbocycles. The average molecular weight is 116 g/mol. The van der Waals surface area contributed by atoms with Crippen molar-refractivity contribution in [2.24, 2.45) is 11.7 Å². The van der Waals surface area contributed by atoms with E-state index in [1.54, 1.807) is 0 Å². The first-order valence-corrected chi connectivity index (χ1v) is 2.59. The molecule has 46 valence electrons. The smallest absolute Gasteiger partial charge is 0.217 e. The summed E-state index contributed by atoms with van der Waals surface area (Å²) in [5.41, 5.74) is 5.16. The van der Waals surface area contributed by atoms with Crippen LogP contribution in [0.3, 0.4) is 0 Å². The van der Waals surface area contributed by atoms with E-state index in [2.05, 4.69) is 0 Å². The molecule has 1 saturated carbocycles. The minimum atomic E-state index is -0.319. The van der Waals surface area contributed by atoms with Gasteiger partial charge in [-0.2, -0.15) is 0 Å². The summed E-state index contributed by atoms with van der Waals surface area (Å²) in [5, 5.41) is 9.88. The second-order valence-electron chi connectivity index (χ2n) is 2.08. The number of rotatable bonds is 2. The van der Waals surface area contributed by atoms with E-state index in [4.69, 9.17) is 5.73 Å². The quantitative estimate of drug-likeness (QED) is 0.394. The van der Waals surface area contributed by atoms with Gasteiger partial charge in [-0.25, -0.2) is 0 Å². The van der Waals surface area contributed by atoms with Crippen LogP contribution in [0, 0.1) is 16.0 Å². The Labute approximate surface area is 46.8 Å². The fourth-order valence-corrected chi connectivity index (χ4v) is 0.743. The minimum absolute atomic E-state index is 0.171. The molecule has 1 aliphatic rings. The third-order valence-corrected chi connectivity index (χ3v) is 1.46. The van der Waals surface area contributed by atoms with Gasteiger partial charge in [0.05, 0.1) is 0 Å². The van der Waals surface area contributed by atoms with E-state index in [1.165, 1.54) is 0 Å². The third kappa shape index (κ3) is 0.790. The highest BCUT2D eigenvalue weighted by molar-refractivity contribution is 4.86. The highest BCUT2D eigenvalue weighted by Crippen LogP contribution is 2.31. The lowest BCUT2D eigenvalue weighted by atomic mass is 10.4. The number of hydrogen-bond donors (Lipinski definition) is 1. The molecule has 4 heteroatoms. The molecular weight excluding hydrogens is 108 g/mol. The SMILES string of the molecule is NCC1CC1[N+](=O)[O-]. The number of hydrogen-bond acceptors (Lipinski definition) is 3. The highest BCUT2D eigenvalue weighted by Gasteiger charge is 2.46. The summed E-state index contributed by atoms with van der Waals surface area (Å²) in [5.74, 6) is 0.171. The van der Waals surface area contributed by atoms with Crippen molar-refractivity contribution in [2.75, 3.05) is 6.54 Å². The zero-order valence-corrected chi connectivity index (χ0v) is 4.41. The molecule has 0 saturated heterocycles. The Kier molecular flexibility index (Phi) is 1.17. The number of nitrogens with two attached hydrogens (primary N) is 1. The topological polar surface area (TPSA) is 69.2 Å². The van der Waals surface area contributed by atoms with Crippen LogP contribution >= 0.6 is 0 Å². The standard InChI is InChI=1S/C4H8N2O2/c5-2-3-1-4(3)6(7)8/h3-4H,1-2,5H2. The molecule has 0 amide bonds. The van der Waals surface area contributed by atoms with Gasteiger partial charge in [-0.3, -0.25) is 10.1 Å². The van der Waals surface area contributed by atoms with Gasteiger partial charge in [0.1, 0.15) is 0 Å². The lowest BCUT2D eigenvalue weighted by molar-refractivity contribution is -0.498. The molecule has 1 fully saturated rings. The van der Waals surface area contributed by atoms with Gasteiger partial charge >= 0.3 is 0 Å². The summed E-state index contributed by atoms with van der Waals surface area (Å²) in [7, 11) is 0. The summed E-state index contributed by atoms with van der Waals surface area (Å²) < 4.78 is 0. The lowest BCUT2D eigenvalue weighted by Crippen LogP contribution is -2.10. The van der Waals surface area contributed by atoms with Crippen molar-refractivity contribution in [1.29, 1.82) is 0 Å². The summed E-state index contributed by atoms with van der Waals surface area (Å²) >= 11 is 0. The molecule has 8 heavy (non-hydrogen) atoms. The summed E-state index contributed by atoms with van der Waals surface area (Å²) in [4.78, 5) is 9.63. The number of nitrogens with zero attached hydrogens (tertiary/aromatic N) is 1. The van der Waals surface area contributed by atoms with Gasteiger partial charge in [0.2, 0.25) is 6.04 Å². The Morgan fingerprint density at radius 2 is 2.50 bits per heavy atom. The predicted molar refractivity (Wildman–Crippen MR) is 27.9 cm³/mol. The average Bonchev–Trinajstić information content (AvgIpc) is 2.42. The van der Waals surface area contributed by atoms with Crippen molar-refractivity contribution < 1.29 is 4.92 Å². The molecule has 2 N–H and O–H groups in total. The van der Waals surface area contributed by atoms with Crippen LogP contribution in [0.2, 0.25) is 0 Å². The van der Waals surface area contributed by atoms with Crippen molar-refractivity contribution in [2.45, 2.75) is 12.5 Å². The molecule has 1 rings (SSSR count). The van der Waals surface area contributed by atoms with Crippen LogP contribution < -0.4 is 5.73 Å². The molecule has 0 heterocycles. The van der Waals surface area contributed by atoms with Crippen molar-refractivity contribution in [3.8, 4) is 0 Å². The molecule has 2 unspecified atom stereocenters. The van der Waals surface area contributed by atoms with Crippen molar-refractivity contribution in [3.05, 3.63) is 10.1 Å². The fourth-order valence-electron chi connectivity index (χ4n) is 0.743. The van der Waals surface area contributed by atoms with Crippen molar-refractivity contribution in [1.82, 2.24) is 0 Å². The van der Waals surface area contributed by atoms with E-state index in [-0.39, 0.29) is 16.9 Å². The van der Waals surface area contributed by atoms with E-state index < -0.39 is 0 Å². The normalized spacial score (nSPS) is 34.6. The zero-order chi connectivity index (χ0) is 6.15. The van der Waals surface area contributed by atoms with Crippen molar-refractivity contribution in [3.63, 3.8) is 0 Å².